The van der Waals surface area contributed by atoms with Crippen molar-refractivity contribution in [2.45, 2.75) is 25.3 Å². The summed E-state index contributed by atoms with van der Waals surface area (Å²) in [6, 6.07) is 7.59. The van der Waals surface area contributed by atoms with E-state index in [2.05, 4.69) is 10.3 Å². The number of rotatable bonds is 3. The van der Waals surface area contributed by atoms with Gasteiger partial charge >= 0.3 is 0 Å². The molecule has 88 valence electrons. The number of nitrogens with zero attached hydrogens (tertiary/aromatic N) is 3. The summed E-state index contributed by atoms with van der Waals surface area (Å²) in [7, 11) is 0. The van der Waals surface area contributed by atoms with Crippen molar-refractivity contribution in [3.8, 4) is 5.69 Å². The van der Waals surface area contributed by atoms with Crippen LogP contribution in [0.25, 0.3) is 5.69 Å². The molecule has 1 aromatic heterocycles. The third-order valence-electron chi connectivity index (χ3n) is 3.03. The molecule has 1 fully saturated rings. The van der Waals surface area contributed by atoms with Gasteiger partial charge in [0.25, 0.3) is 0 Å². The molecular weight excluding hydrogens is 236 g/mol. The van der Waals surface area contributed by atoms with Crippen LogP contribution < -0.4 is 5.73 Å². The van der Waals surface area contributed by atoms with E-state index in [-0.39, 0.29) is 0 Å². The SMILES string of the molecule is NCc1c(C2CC2)nnn1-c1ccccc1Cl. The van der Waals surface area contributed by atoms with Gasteiger partial charge < -0.3 is 5.73 Å². The summed E-state index contributed by atoms with van der Waals surface area (Å²) in [5.41, 5.74) is 8.65. The number of aromatic nitrogens is 3. The van der Waals surface area contributed by atoms with Crippen molar-refractivity contribution in [1.82, 2.24) is 15.0 Å². The summed E-state index contributed by atoms with van der Waals surface area (Å²) < 4.78 is 1.76. The van der Waals surface area contributed by atoms with Crippen LogP contribution >= 0.6 is 11.6 Å². The van der Waals surface area contributed by atoms with E-state index in [0.717, 1.165) is 17.1 Å². The Balaban J connectivity index is 2.11. The predicted octanol–water partition coefficient (Wildman–Crippen LogP) is 2.26. The van der Waals surface area contributed by atoms with Gasteiger partial charge in [0.1, 0.15) is 0 Å². The minimum absolute atomic E-state index is 0.435. The average Bonchev–Trinajstić information content (AvgIpc) is 3.10. The number of halogens is 1. The Morgan fingerprint density at radius 1 is 1.35 bits per heavy atom. The van der Waals surface area contributed by atoms with Crippen LogP contribution in [-0.2, 0) is 6.54 Å². The zero-order valence-corrected chi connectivity index (χ0v) is 10.1. The van der Waals surface area contributed by atoms with E-state index in [4.69, 9.17) is 17.3 Å². The second-order valence-electron chi connectivity index (χ2n) is 4.26. The zero-order chi connectivity index (χ0) is 11.8. The van der Waals surface area contributed by atoms with Crippen molar-refractivity contribution in [2.75, 3.05) is 0 Å². The van der Waals surface area contributed by atoms with E-state index in [1.54, 1.807) is 4.68 Å². The van der Waals surface area contributed by atoms with Crippen molar-refractivity contribution < 1.29 is 0 Å². The van der Waals surface area contributed by atoms with Gasteiger partial charge in [-0.2, -0.15) is 0 Å². The van der Waals surface area contributed by atoms with E-state index in [0.29, 0.717) is 17.5 Å². The molecule has 1 aliphatic carbocycles. The topological polar surface area (TPSA) is 56.7 Å². The lowest BCUT2D eigenvalue weighted by molar-refractivity contribution is 0.762. The molecule has 1 heterocycles. The number of para-hydroxylation sites is 1. The molecule has 0 atom stereocenters. The van der Waals surface area contributed by atoms with Gasteiger partial charge in [-0.05, 0) is 25.0 Å². The average molecular weight is 249 g/mol. The molecule has 0 spiro atoms. The minimum Gasteiger partial charge on any atom is -0.325 e. The van der Waals surface area contributed by atoms with E-state index < -0.39 is 0 Å². The zero-order valence-electron chi connectivity index (χ0n) is 9.31. The number of hydrogen-bond donors (Lipinski definition) is 1. The van der Waals surface area contributed by atoms with Crippen molar-refractivity contribution in [3.63, 3.8) is 0 Å². The summed E-state index contributed by atoms with van der Waals surface area (Å²) in [5.74, 6) is 0.546. The molecule has 5 heteroatoms. The van der Waals surface area contributed by atoms with E-state index >= 15 is 0 Å². The fraction of sp³-hybridized carbons (Fsp3) is 0.333. The van der Waals surface area contributed by atoms with Crippen LogP contribution in [0, 0.1) is 0 Å². The molecule has 1 saturated carbocycles. The molecule has 1 aromatic carbocycles. The van der Waals surface area contributed by atoms with Crippen molar-refractivity contribution in [3.05, 3.63) is 40.7 Å². The van der Waals surface area contributed by atoms with Crippen LogP contribution in [0.2, 0.25) is 5.02 Å². The maximum atomic E-state index is 6.16. The second kappa shape index (κ2) is 4.13. The Morgan fingerprint density at radius 2 is 2.12 bits per heavy atom. The molecule has 2 aromatic rings. The maximum absolute atomic E-state index is 6.16. The summed E-state index contributed by atoms with van der Waals surface area (Å²) in [6.45, 7) is 0.435. The lowest BCUT2D eigenvalue weighted by atomic mass is 10.2. The molecule has 0 radical (unpaired) electrons. The first-order valence-electron chi connectivity index (χ1n) is 5.70. The maximum Gasteiger partial charge on any atom is 0.0907 e. The lowest BCUT2D eigenvalue weighted by Crippen LogP contribution is -2.09. The highest BCUT2D eigenvalue weighted by molar-refractivity contribution is 6.32. The largest absolute Gasteiger partial charge is 0.325 e. The Kier molecular flexibility index (Phi) is 2.61. The Hall–Kier alpha value is -1.39. The van der Waals surface area contributed by atoms with Gasteiger partial charge in [0.2, 0.25) is 0 Å². The molecule has 0 bridgehead atoms. The molecule has 2 N–H and O–H groups in total. The van der Waals surface area contributed by atoms with Gasteiger partial charge in [-0.3, -0.25) is 0 Å². The highest BCUT2D eigenvalue weighted by Crippen LogP contribution is 2.40. The van der Waals surface area contributed by atoms with Crippen LogP contribution in [0.1, 0.15) is 30.1 Å². The molecule has 3 rings (SSSR count). The first-order valence-corrected chi connectivity index (χ1v) is 6.08. The van der Waals surface area contributed by atoms with Crippen molar-refractivity contribution >= 4 is 11.6 Å². The van der Waals surface area contributed by atoms with Crippen LogP contribution in [0.5, 0.6) is 0 Å². The van der Waals surface area contributed by atoms with Crippen molar-refractivity contribution in [1.29, 1.82) is 0 Å². The van der Waals surface area contributed by atoms with E-state index in [9.17, 15) is 0 Å². The third kappa shape index (κ3) is 1.83. The highest BCUT2D eigenvalue weighted by atomic mass is 35.5. The van der Waals surface area contributed by atoms with Crippen LogP contribution in [-0.4, -0.2) is 15.0 Å². The molecule has 1 aliphatic rings. The van der Waals surface area contributed by atoms with Crippen LogP contribution in [0.15, 0.2) is 24.3 Å². The molecular formula is C12H13ClN4. The summed E-state index contributed by atoms with van der Waals surface area (Å²) in [6.07, 6.45) is 2.38. The highest BCUT2D eigenvalue weighted by Gasteiger charge is 2.30. The molecule has 17 heavy (non-hydrogen) atoms. The molecule has 0 saturated heterocycles. The summed E-state index contributed by atoms with van der Waals surface area (Å²) in [4.78, 5) is 0. The Labute approximate surface area is 104 Å². The standard InChI is InChI=1S/C12H13ClN4/c13-9-3-1-2-4-10(9)17-11(7-14)12(15-16-17)8-5-6-8/h1-4,8H,5-7,14H2. The Morgan fingerprint density at radius 3 is 2.76 bits per heavy atom. The lowest BCUT2D eigenvalue weighted by Gasteiger charge is -2.07. The second-order valence-corrected chi connectivity index (χ2v) is 4.67. The van der Waals surface area contributed by atoms with Gasteiger partial charge in [-0.15, -0.1) is 5.10 Å². The Bertz CT molecular complexity index is 545. The van der Waals surface area contributed by atoms with E-state index in [1.807, 2.05) is 24.3 Å². The number of nitrogens with two attached hydrogens (primary N) is 1. The third-order valence-corrected chi connectivity index (χ3v) is 3.35. The van der Waals surface area contributed by atoms with Gasteiger partial charge in [0.15, 0.2) is 0 Å². The fourth-order valence-corrected chi connectivity index (χ4v) is 2.21. The molecule has 0 unspecified atom stereocenters. The van der Waals surface area contributed by atoms with Gasteiger partial charge in [-0.1, -0.05) is 28.9 Å². The summed E-state index contributed by atoms with van der Waals surface area (Å²) >= 11 is 6.16. The fourth-order valence-electron chi connectivity index (χ4n) is 2.00. The molecule has 4 nitrogen and oxygen atoms in total. The first-order chi connectivity index (χ1) is 8.31. The minimum atomic E-state index is 0.435. The van der Waals surface area contributed by atoms with Gasteiger partial charge in [-0.25, -0.2) is 4.68 Å². The van der Waals surface area contributed by atoms with Gasteiger partial charge in [0, 0.05) is 12.5 Å². The number of benzene rings is 1. The quantitative estimate of drug-likeness (QED) is 0.907. The van der Waals surface area contributed by atoms with E-state index in [1.165, 1.54) is 12.8 Å². The summed E-state index contributed by atoms with van der Waals surface area (Å²) in [5, 5.41) is 9.08. The van der Waals surface area contributed by atoms with Crippen LogP contribution in [0.4, 0.5) is 0 Å². The normalized spacial score (nSPS) is 15.2. The number of hydrogen-bond acceptors (Lipinski definition) is 3. The predicted molar refractivity (Wildman–Crippen MR) is 66.2 cm³/mol. The van der Waals surface area contributed by atoms with Gasteiger partial charge in [0.05, 0.1) is 22.1 Å². The van der Waals surface area contributed by atoms with Crippen LogP contribution in [0.3, 0.4) is 0 Å². The monoisotopic (exact) mass is 248 g/mol. The van der Waals surface area contributed by atoms with Crippen molar-refractivity contribution in [2.24, 2.45) is 5.73 Å². The smallest absolute Gasteiger partial charge is 0.0907 e. The molecule has 0 aliphatic heterocycles. The molecule has 0 amide bonds. The first kappa shape index (κ1) is 10.7.